The molecule has 1 saturated heterocycles. The van der Waals surface area contributed by atoms with Crippen molar-refractivity contribution in [2.24, 2.45) is 11.1 Å². The monoisotopic (exact) mass is 213 g/mol. The number of carbonyl (C=O) groups is 1. The predicted octanol–water partition coefficient (Wildman–Crippen LogP) is 1.14. The zero-order valence-electron chi connectivity index (χ0n) is 9.00. The van der Waals surface area contributed by atoms with Gasteiger partial charge < -0.3 is 15.6 Å². The molecule has 4 heteroatoms. The predicted molar refractivity (Wildman–Crippen MR) is 55.5 cm³/mol. The molecule has 1 aliphatic carbocycles. The Balaban J connectivity index is 2.28. The Morgan fingerprint density at radius 2 is 1.87 bits per heavy atom. The van der Waals surface area contributed by atoms with Gasteiger partial charge in [-0.3, -0.25) is 4.79 Å². The van der Waals surface area contributed by atoms with E-state index in [9.17, 15) is 9.90 Å². The van der Waals surface area contributed by atoms with Crippen LogP contribution in [0.3, 0.4) is 0 Å². The summed E-state index contributed by atoms with van der Waals surface area (Å²) in [4.78, 5) is 11.4. The van der Waals surface area contributed by atoms with Gasteiger partial charge in [0.1, 0.15) is 5.54 Å². The molecule has 0 aromatic rings. The van der Waals surface area contributed by atoms with E-state index in [1.807, 2.05) is 0 Å². The number of nitrogens with two attached hydrogens (primary N) is 1. The second-order valence-electron chi connectivity index (χ2n) is 4.92. The first-order valence-corrected chi connectivity index (χ1v) is 5.71. The van der Waals surface area contributed by atoms with Crippen molar-refractivity contribution in [3.05, 3.63) is 0 Å². The first kappa shape index (κ1) is 10.9. The minimum Gasteiger partial charge on any atom is -0.480 e. The standard InChI is InChI=1S/C11H19NO3/c12-11(9(13)14)6-7-15-8-10(11)4-2-1-3-5-10/h1-8,12H2,(H,13,14). The van der Waals surface area contributed by atoms with E-state index in [4.69, 9.17) is 10.5 Å². The first-order chi connectivity index (χ1) is 7.11. The van der Waals surface area contributed by atoms with Gasteiger partial charge in [-0.25, -0.2) is 0 Å². The van der Waals surface area contributed by atoms with Gasteiger partial charge in [-0.2, -0.15) is 0 Å². The second kappa shape index (κ2) is 3.76. The average Bonchev–Trinajstić information content (AvgIpc) is 2.24. The molecule has 1 heterocycles. The van der Waals surface area contributed by atoms with E-state index in [1.54, 1.807) is 0 Å². The van der Waals surface area contributed by atoms with Crippen molar-refractivity contribution >= 4 is 5.97 Å². The second-order valence-corrected chi connectivity index (χ2v) is 4.92. The van der Waals surface area contributed by atoms with Crippen molar-refractivity contribution in [2.75, 3.05) is 13.2 Å². The summed E-state index contributed by atoms with van der Waals surface area (Å²) in [6.45, 7) is 1.00. The lowest BCUT2D eigenvalue weighted by atomic mass is 9.60. The first-order valence-electron chi connectivity index (χ1n) is 5.71. The fraction of sp³-hybridized carbons (Fsp3) is 0.909. The van der Waals surface area contributed by atoms with E-state index >= 15 is 0 Å². The maximum absolute atomic E-state index is 11.4. The highest BCUT2D eigenvalue weighted by Gasteiger charge is 2.55. The third kappa shape index (κ3) is 1.56. The molecule has 15 heavy (non-hydrogen) atoms. The molecule has 1 saturated carbocycles. The molecule has 2 fully saturated rings. The van der Waals surface area contributed by atoms with E-state index in [0.717, 1.165) is 25.7 Å². The van der Waals surface area contributed by atoms with Crippen LogP contribution in [0.15, 0.2) is 0 Å². The normalized spacial score (nSPS) is 35.3. The molecule has 0 amide bonds. The quantitative estimate of drug-likeness (QED) is 0.685. The lowest BCUT2D eigenvalue weighted by molar-refractivity contribution is -0.163. The highest BCUT2D eigenvalue weighted by molar-refractivity contribution is 5.80. The summed E-state index contributed by atoms with van der Waals surface area (Å²) in [5.41, 5.74) is 4.76. The minimum absolute atomic E-state index is 0.310. The van der Waals surface area contributed by atoms with Crippen LogP contribution in [0.5, 0.6) is 0 Å². The zero-order valence-corrected chi connectivity index (χ0v) is 9.00. The summed E-state index contributed by atoms with van der Waals surface area (Å²) in [5, 5.41) is 9.33. The zero-order chi connectivity index (χ0) is 10.9. The molecule has 3 N–H and O–H groups in total. The van der Waals surface area contributed by atoms with E-state index < -0.39 is 11.5 Å². The van der Waals surface area contributed by atoms with Crippen LogP contribution < -0.4 is 5.73 Å². The van der Waals surface area contributed by atoms with Crippen molar-refractivity contribution in [1.29, 1.82) is 0 Å². The smallest absolute Gasteiger partial charge is 0.324 e. The van der Waals surface area contributed by atoms with Gasteiger partial charge in [0.05, 0.1) is 6.61 Å². The van der Waals surface area contributed by atoms with Crippen LogP contribution >= 0.6 is 0 Å². The lowest BCUT2D eigenvalue weighted by Gasteiger charge is -2.50. The maximum atomic E-state index is 11.4. The molecule has 1 spiro atoms. The van der Waals surface area contributed by atoms with Crippen LogP contribution in [-0.4, -0.2) is 29.8 Å². The molecule has 4 nitrogen and oxygen atoms in total. The highest BCUT2D eigenvalue weighted by atomic mass is 16.5. The van der Waals surface area contributed by atoms with Crippen LogP contribution in [0.1, 0.15) is 38.5 Å². The van der Waals surface area contributed by atoms with Crippen molar-refractivity contribution in [3.63, 3.8) is 0 Å². The summed E-state index contributed by atoms with van der Waals surface area (Å²) in [6.07, 6.45) is 5.59. The summed E-state index contributed by atoms with van der Waals surface area (Å²) < 4.78 is 5.47. The molecule has 1 unspecified atom stereocenters. The van der Waals surface area contributed by atoms with E-state index in [1.165, 1.54) is 6.42 Å². The molecular weight excluding hydrogens is 194 g/mol. The Kier molecular flexibility index (Phi) is 2.73. The molecule has 1 aliphatic heterocycles. The van der Waals surface area contributed by atoms with Gasteiger partial charge in [0.15, 0.2) is 0 Å². The molecule has 0 bridgehead atoms. The van der Waals surface area contributed by atoms with E-state index in [-0.39, 0.29) is 5.41 Å². The fourth-order valence-corrected chi connectivity index (χ4v) is 3.05. The van der Waals surface area contributed by atoms with Crippen molar-refractivity contribution in [1.82, 2.24) is 0 Å². The van der Waals surface area contributed by atoms with Crippen molar-refractivity contribution < 1.29 is 14.6 Å². The van der Waals surface area contributed by atoms with Crippen molar-refractivity contribution in [3.8, 4) is 0 Å². The summed E-state index contributed by atoms with van der Waals surface area (Å²) in [7, 11) is 0. The van der Waals surface area contributed by atoms with Gasteiger partial charge in [0.25, 0.3) is 0 Å². The maximum Gasteiger partial charge on any atom is 0.324 e. The third-order valence-corrected chi connectivity index (χ3v) is 4.16. The van der Waals surface area contributed by atoms with Crippen LogP contribution in [0.4, 0.5) is 0 Å². The largest absolute Gasteiger partial charge is 0.480 e. The molecule has 2 aliphatic rings. The Labute approximate surface area is 89.8 Å². The Bertz CT molecular complexity index is 252. The van der Waals surface area contributed by atoms with Gasteiger partial charge in [-0.1, -0.05) is 19.3 Å². The SMILES string of the molecule is NC1(C(=O)O)CCOCC12CCCCC2. The third-order valence-electron chi connectivity index (χ3n) is 4.16. The molecule has 0 aromatic heterocycles. The number of carboxylic acids is 1. The molecule has 0 radical (unpaired) electrons. The van der Waals surface area contributed by atoms with Crippen LogP contribution in [0.25, 0.3) is 0 Å². The lowest BCUT2D eigenvalue weighted by Crippen LogP contribution is -2.66. The van der Waals surface area contributed by atoms with Gasteiger partial charge in [0.2, 0.25) is 0 Å². The van der Waals surface area contributed by atoms with Crippen LogP contribution in [-0.2, 0) is 9.53 Å². The number of hydrogen-bond acceptors (Lipinski definition) is 3. The summed E-state index contributed by atoms with van der Waals surface area (Å²) in [5.74, 6) is -0.854. The van der Waals surface area contributed by atoms with Gasteiger partial charge >= 0.3 is 5.97 Å². The number of carboxylic acid groups (broad SMARTS) is 1. The number of aliphatic carboxylic acids is 1. The Morgan fingerprint density at radius 3 is 2.47 bits per heavy atom. The van der Waals surface area contributed by atoms with Crippen LogP contribution in [0, 0.1) is 5.41 Å². The van der Waals surface area contributed by atoms with Crippen molar-refractivity contribution in [2.45, 2.75) is 44.1 Å². The molecule has 2 rings (SSSR count). The van der Waals surface area contributed by atoms with Gasteiger partial charge in [-0.15, -0.1) is 0 Å². The number of rotatable bonds is 1. The van der Waals surface area contributed by atoms with Crippen LogP contribution in [0.2, 0.25) is 0 Å². The average molecular weight is 213 g/mol. The Morgan fingerprint density at radius 1 is 1.20 bits per heavy atom. The molecule has 0 aromatic carbocycles. The van der Waals surface area contributed by atoms with Gasteiger partial charge in [-0.05, 0) is 12.8 Å². The van der Waals surface area contributed by atoms with E-state index in [2.05, 4.69) is 0 Å². The number of ether oxygens (including phenoxy) is 1. The minimum atomic E-state index is -1.06. The molecule has 1 atom stereocenters. The molecule has 86 valence electrons. The summed E-state index contributed by atoms with van der Waals surface area (Å²) in [6, 6.07) is 0. The number of hydrogen-bond donors (Lipinski definition) is 2. The van der Waals surface area contributed by atoms with E-state index in [0.29, 0.717) is 19.6 Å². The summed E-state index contributed by atoms with van der Waals surface area (Å²) >= 11 is 0. The highest BCUT2D eigenvalue weighted by Crippen LogP contribution is 2.47. The Hall–Kier alpha value is -0.610. The topological polar surface area (TPSA) is 72.6 Å². The fourth-order valence-electron chi connectivity index (χ4n) is 3.05. The molecular formula is C11H19NO3. The van der Waals surface area contributed by atoms with Gasteiger partial charge in [0, 0.05) is 18.4 Å².